The van der Waals surface area contributed by atoms with Gasteiger partial charge in [0.15, 0.2) is 6.10 Å². The van der Waals surface area contributed by atoms with Crippen molar-refractivity contribution in [2.24, 2.45) is 5.92 Å². The lowest BCUT2D eigenvalue weighted by Crippen LogP contribution is -2.30. The van der Waals surface area contributed by atoms with Gasteiger partial charge in [0.2, 0.25) is 0 Å². The summed E-state index contributed by atoms with van der Waals surface area (Å²) in [6, 6.07) is 0. The van der Waals surface area contributed by atoms with E-state index in [0.717, 1.165) is 63.7 Å². The van der Waals surface area contributed by atoms with Crippen LogP contribution < -0.4 is 0 Å². The molecule has 0 aromatic heterocycles. The Hall–Kier alpha value is -1.59. The molecule has 0 aromatic rings. The fourth-order valence-corrected chi connectivity index (χ4v) is 8.04. The van der Waals surface area contributed by atoms with Crippen LogP contribution in [0.5, 0.6) is 0 Å². The maximum absolute atomic E-state index is 12.7. The molecule has 0 heterocycles. The molecule has 0 fully saturated rings. The van der Waals surface area contributed by atoms with Crippen LogP contribution in [0.1, 0.15) is 297 Å². The summed E-state index contributed by atoms with van der Waals surface area (Å²) in [5.41, 5.74) is 0. The van der Waals surface area contributed by atoms with Crippen molar-refractivity contribution in [3.05, 3.63) is 0 Å². The van der Waals surface area contributed by atoms with Crippen LogP contribution in [0.2, 0.25) is 0 Å². The molecule has 0 unspecified atom stereocenters. The molecule has 0 aliphatic carbocycles. The van der Waals surface area contributed by atoms with Gasteiger partial charge in [-0.25, -0.2) is 0 Å². The van der Waals surface area contributed by atoms with E-state index >= 15 is 0 Å². The molecular formula is C53H102O6. The zero-order chi connectivity index (χ0) is 43.1. The minimum Gasteiger partial charge on any atom is -0.462 e. The minimum atomic E-state index is -0.759. The SMILES string of the molecule is CCCCCCCCCCCCCCCCCCC(=O)OC[C@H](COC(=O)CCCCCCCCCCCCCCCCCC(C)C)OC(=O)CCCCCCCCC. The lowest BCUT2D eigenvalue weighted by molar-refractivity contribution is -0.167. The molecular weight excluding hydrogens is 733 g/mol. The van der Waals surface area contributed by atoms with Crippen molar-refractivity contribution in [2.45, 2.75) is 303 Å². The van der Waals surface area contributed by atoms with Crippen molar-refractivity contribution in [2.75, 3.05) is 13.2 Å². The number of hydrogen-bond donors (Lipinski definition) is 0. The van der Waals surface area contributed by atoms with Gasteiger partial charge in [-0.2, -0.15) is 0 Å². The van der Waals surface area contributed by atoms with Gasteiger partial charge in [-0.15, -0.1) is 0 Å². The molecule has 0 rings (SSSR count). The van der Waals surface area contributed by atoms with E-state index in [2.05, 4.69) is 27.7 Å². The molecule has 0 aliphatic rings. The molecule has 0 radical (unpaired) electrons. The van der Waals surface area contributed by atoms with Crippen molar-refractivity contribution < 1.29 is 28.6 Å². The van der Waals surface area contributed by atoms with E-state index in [1.165, 1.54) is 193 Å². The third-order valence-electron chi connectivity index (χ3n) is 12.0. The van der Waals surface area contributed by atoms with Gasteiger partial charge in [-0.3, -0.25) is 14.4 Å². The topological polar surface area (TPSA) is 78.9 Å². The highest BCUT2D eigenvalue weighted by Gasteiger charge is 2.19. The van der Waals surface area contributed by atoms with Crippen LogP contribution in [0.4, 0.5) is 0 Å². The highest BCUT2D eigenvalue weighted by Crippen LogP contribution is 2.17. The minimum absolute atomic E-state index is 0.0632. The van der Waals surface area contributed by atoms with E-state index in [9.17, 15) is 14.4 Å². The smallest absolute Gasteiger partial charge is 0.306 e. The van der Waals surface area contributed by atoms with Crippen LogP contribution in [0.15, 0.2) is 0 Å². The summed E-state index contributed by atoms with van der Waals surface area (Å²) in [6.45, 7) is 9.01. The Morgan fingerprint density at radius 2 is 0.559 bits per heavy atom. The maximum Gasteiger partial charge on any atom is 0.306 e. The zero-order valence-corrected chi connectivity index (χ0v) is 40.2. The summed E-state index contributed by atoms with van der Waals surface area (Å²) in [5.74, 6) is -0.000793. The molecule has 0 saturated carbocycles. The highest BCUT2D eigenvalue weighted by atomic mass is 16.6. The second-order valence-electron chi connectivity index (χ2n) is 18.6. The quantitative estimate of drug-likeness (QED) is 0.0345. The summed E-state index contributed by atoms with van der Waals surface area (Å²) in [6.07, 6.45) is 49.6. The van der Waals surface area contributed by atoms with Gasteiger partial charge in [0.25, 0.3) is 0 Å². The summed E-state index contributed by atoms with van der Waals surface area (Å²) in [7, 11) is 0. The Balaban J connectivity index is 4.14. The van der Waals surface area contributed by atoms with Gasteiger partial charge in [0, 0.05) is 19.3 Å². The molecule has 0 spiro atoms. The summed E-state index contributed by atoms with van der Waals surface area (Å²) in [5, 5.41) is 0. The van der Waals surface area contributed by atoms with Gasteiger partial charge in [0.1, 0.15) is 13.2 Å². The van der Waals surface area contributed by atoms with Gasteiger partial charge >= 0.3 is 17.9 Å². The number of hydrogen-bond acceptors (Lipinski definition) is 6. The fraction of sp³-hybridized carbons (Fsp3) is 0.943. The van der Waals surface area contributed by atoms with Crippen LogP contribution in [-0.2, 0) is 28.6 Å². The Morgan fingerprint density at radius 3 is 0.831 bits per heavy atom. The largest absolute Gasteiger partial charge is 0.462 e. The number of esters is 3. The first kappa shape index (κ1) is 57.4. The van der Waals surface area contributed by atoms with Gasteiger partial charge in [0.05, 0.1) is 0 Å². The molecule has 0 N–H and O–H groups in total. The zero-order valence-electron chi connectivity index (χ0n) is 40.2. The molecule has 6 heteroatoms. The third kappa shape index (κ3) is 47.3. The summed E-state index contributed by atoms with van der Waals surface area (Å²) < 4.78 is 16.8. The Kier molecular flexibility index (Phi) is 46.2. The monoisotopic (exact) mass is 835 g/mol. The second kappa shape index (κ2) is 47.5. The molecule has 0 aliphatic heterocycles. The Morgan fingerprint density at radius 1 is 0.322 bits per heavy atom. The molecule has 0 saturated heterocycles. The third-order valence-corrected chi connectivity index (χ3v) is 12.0. The lowest BCUT2D eigenvalue weighted by Gasteiger charge is -2.18. The first-order valence-electron chi connectivity index (χ1n) is 26.4. The number of ether oxygens (including phenoxy) is 3. The van der Waals surface area contributed by atoms with Crippen LogP contribution in [0.3, 0.4) is 0 Å². The summed E-state index contributed by atoms with van der Waals surface area (Å²) >= 11 is 0. The first-order chi connectivity index (χ1) is 28.9. The van der Waals surface area contributed by atoms with E-state index < -0.39 is 6.10 Å². The van der Waals surface area contributed by atoms with Crippen LogP contribution in [0.25, 0.3) is 0 Å². The van der Waals surface area contributed by atoms with Gasteiger partial charge in [-0.05, 0) is 25.2 Å². The molecule has 6 nitrogen and oxygen atoms in total. The summed E-state index contributed by atoms with van der Waals surface area (Å²) in [4.78, 5) is 37.8. The van der Waals surface area contributed by atoms with Crippen LogP contribution in [-0.4, -0.2) is 37.2 Å². The van der Waals surface area contributed by atoms with Crippen molar-refractivity contribution in [3.63, 3.8) is 0 Å². The Labute approximate surface area is 368 Å². The molecule has 0 aromatic carbocycles. The number of carbonyl (C=O) groups is 3. The van der Waals surface area contributed by atoms with Gasteiger partial charge in [-0.1, -0.05) is 259 Å². The fourth-order valence-electron chi connectivity index (χ4n) is 8.04. The van der Waals surface area contributed by atoms with E-state index in [1.54, 1.807) is 0 Å². The normalized spacial score (nSPS) is 11.9. The second-order valence-corrected chi connectivity index (χ2v) is 18.6. The van der Waals surface area contributed by atoms with E-state index in [4.69, 9.17) is 14.2 Å². The van der Waals surface area contributed by atoms with Crippen molar-refractivity contribution in [1.29, 1.82) is 0 Å². The molecule has 0 bridgehead atoms. The van der Waals surface area contributed by atoms with E-state index in [1.807, 2.05) is 0 Å². The van der Waals surface area contributed by atoms with E-state index in [-0.39, 0.29) is 31.1 Å². The maximum atomic E-state index is 12.7. The molecule has 0 amide bonds. The number of rotatable bonds is 48. The predicted octanol–water partition coefficient (Wildman–Crippen LogP) is 17.1. The van der Waals surface area contributed by atoms with E-state index in [0.29, 0.717) is 19.3 Å². The standard InChI is InChI=1S/C53H102O6/c1-5-7-9-11-13-14-15-16-17-20-23-26-29-33-36-40-44-51(54)57-47-50(59-53(56)46-42-38-31-12-10-8-6-2)48-58-52(55)45-41-37-34-30-27-24-21-18-19-22-25-28-32-35-39-43-49(3)4/h49-50H,5-48H2,1-4H3/t50-/m1/s1. The predicted molar refractivity (Wildman–Crippen MR) is 252 cm³/mol. The van der Waals surface area contributed by atoms with Crippen molar-refractivity contribution in [1.82, 2.24) is 0 Å². The molecule has 59 heavy (non-hydrogen) atoms. The number of carbonyl (C=O) groups excluding carboxylic acids is 3. The Bertz CT molecular complexity index is 887. The first-order valence-corrected chi connectivity index (χ1v) is 26.4. The van der Waals surface area contributed by atoms with Crippen LogP contribution in [0, 0.1) is 5.92 Å². The van der Waals surface area contributed by atoms with Crippen LogP contribution >= 0.6 is 0 Å². The number of unbranched alkanes of at least 4 members (excludes halogenated alkanes) is 35. The molecule has 350 valence electrons. The van der Waals surface area contributed by atoms with Crippen molar-refractivity contribution >= 4 is 17.9 Å². The van der Waals surface area contributed by atoms with Crippen molar-refractivity contribution in [3.8, 4) is 0 Å². The molecule has 1 atom stereocenters. The average Bonchev–Trinajstić information content (AvgIpc) is 3.22. The van der Waals surface area contributed by atoms with Gasteiger partial charge < -0.3 is 14.2 Å². The highest BCUT2D eigenvalue weighted by molar-refractivity contribution is 5.71. The average molecular weight is 835 g/mol. The lowest BCUT2D eigenvalue weighted by atomic mass is 10.0.